The van der Waals surface area contributed by atoms with Gasteiger partial charge in [0.25, 0.3) is 0 Å². The minimum Gasteiger partial charge on any atom is -0.462 e. The number of aliphatic hydroxyl groups excluding tert-OH is 1. The summed E-state index contributed by atoms with van der Waals surface area (Å²) in [4.78, 5) is 24.7. The number of hydrogen-bond donors (Lipinski definition) is 4. The quantitative estimate of drug-likeness (QED) is 0.145. The predicted molar refractivity (Wildman–Crippen MR) is 146 cm³/mol. The molecule has 2 aromatic heterocycles. The summed E-state index contributed by atoms with van der Waals surface area (Å²) in [5.41, 5.74) is 3.36. The van der Waals surface area contributed by atoms with Crippen LogP contribution in [0.1, 0.15) is 27.0 Å². The van der Waals surface area contributed by atoms with E-state index in [1.165, 1.54) is 30.0 Å². The van der Waals surface area contributed by atoms with E-state index in [1.807, 2.05) is 5.92 Å². The molecular formula is C25H31FN7O7P. The summed E-state index contributed by atoms with van der Waals surface area (Å²) in [6.07, 6.45) is 1.32. The molecular weight excluding hydrogens is 560 g/mol. The highest BCUT2D eigenvalue weighted by Crippen LogP contribution is 2.48. The molecule has 1 saturated heterocycles. The fourth-order valence-corrected chi connectivity index (χ4v) is 5.60. The van der Waals surface area contributed by atoms with Gasteiger partial charge in [0.1, 0.15) is 24.0 Å². The maximum Gasteiger partial charge on any atom is 0.459 e. The van der Waals surface area contributed by atoms with Crippen LogP contribution in [0.25, 0.3) is 11.2 Å². The largest absolute Gasteiger partial charge is 0.462 e. The lowest BCUT2D eigenvalue weighted by Gasteiger charge is -2.25. The molecule has 0 radical (unpaired) electrons. The number of anilines is 2. The third-order valence-electron chi connectivity index (χ3n) is 6.03. The van der Waals surface area contributed by atoms with Crippen molar-refractivity contribution in [3.8, 4) is 18.1 Å². The van der Waals surface area contributed by atoms with Crippen LogP contribution in [0, 0.1) is 12.3 Å². The van der Waals surface area contributed by atoms with Gasteiger partial charge in [-0.05, 0) is 32.9 Å². The van der Waals surface area contributed by atoms with Gasteiger partial charge in [0, 0.05) is 7.05 Å². The molecule has 0 bridgehead atoms. The Balaban J connectivity index is 1.60. The van der Waals surface area contributed by atoms with Gasteiger partial charge in [0.15, 0.2) is 23.2 Å². The summed E-state index contributed by atoms with van der Waals surface area (Å²) in [6, 6.07) is 6.92. The average molecular weight is 592 g/mol. The van der Waals surface area contributed by atoms with Crippen molar-refractivity contribution >= 4 is 36.6 Å². The van der Waals surface area contributed by atoms with E-state index in [-0.39, 0.29) is 28.7 Å². The van der Waals surface area contributed by atoms with Crippen molar-refractivity contribution < 1.29 is 37.4 Å². The maximum atomic E-state index is 16.1. The number of carbonyl (C=O) groups excluding carboxylic acids is 1. The van der Waals surface area contributed by atoms with E-state index in [9.17, 15) is 14.5 Å². The number of para-hydroxylation sites is 1. The summed E-state index contributed by atoms with van der Waals surface area (Å²) in [6.45, 7) is 4.08. The fraction of sp³-hybridized carbons (Fsp3) is 0.440. The lowest BCUT2D eigenvalue weighted by molar-refractivity contribution is -0.149. The first-order valence-corrected chi connectivity index (χ1v) is 14.1. The molecule has 41 heavy (non-hydrogen) atoms. The average Bonchev–Trinajstić information content (AvgIpc) is 3.45. The van der Waals surface area contributed by atoms with E-state index in [0.717, 1.165) is 0 Å². The van der Waals surface area contributed by atoms with Crippen molar-refractivity contribution in [2.24, 2.45) is 0 Å². The molecule has 5 N–H and O–H groups in total. The number of terminal acetylenes is 1. The van der Waals surface area contributed by atoms with Crippen molar-refractivity contribution in [1.29, 1.82) is 0 Å². The Bertz CT molecular complexity index is 1480. The first kappa shape index (κ1) is 30.2. The van der Waals surface area contributed by atoms with Gasteiger partial charge in [-0.15, -0.1) is 6.42 Å². The number of fused-ring (bicyclic) bond motifs is 1. The fourth-order valence-electron chi connectivity index (χ4n) is 4.10. The van der Waals surface area contributed by atoms with Crippen LogP contribution in [0.15, 0.2) is 36.7 Å². The zero-order valence-corrected chi connectivity index (χ0v) is 23.6. The van der Waals surface area contributed by atoms with Gasteiger partial charge >= 0.3 is 13.7 Å². The minimum absolute atomic E-state index is 0.0927. The second-order valence-corrected chi connectivity index (χ2v) is 11.1. The number of halogens is 1. The van der Waals surface area contributed by atoms with Crippen molar-refractivity contribution in [2.75, 3.05) is 24.7 Å². The highest BCUT2D eigenvalue weighted by Gasteiger charge is 2.58. The monoisotopic (exact) mass is 591 g/mol. The second kappa shape index (κ2) is 12.0. The van der Waals surface area contributed by atoms with Gasteiger partial charge in [-0.2, -0.15) is 15.1 Å². The molecule has 4 rings (SSSR count). The number of nitrogens with one attached hydrogen (secondary N) is 2. The van der Waals surface area contributed by atoms with Crippen LogP contribution in [-0.4, -0.2) is 74.3 Å². The first-order chi connectivity index (χ1) is 19.4. The smallest absolute Gasteiger partial charge is 0.459 e. The molecule has 14 nitrogen and oxygen atoms in total. The number of benzene rings is 1. The Kier molecular flexibility index (Phi) is 8.81. The summed E-state index contributed by atoms with van der Waals surface area (Å²) in [7, 11) is -2.75. The Hall–Kier alpha value is -3.80. The lowest BCUT2D eigenvalue weighted by Crippen LogP contribution is -2.42. The highest BCUT2D eigenvalue weighted by molar-refractivity contribution is 7.52. The second-order valence-electron chi connectivity index (χ2n) is 9.42. The van der Waals surface area contributed by atoms with Gasteiger partial charge in [-0.25, -0.2) is 13.9 Å². The third-order valence-corrected chi connectivity index (χ3v) is 7.67. The van der Waals surface area contributed by atoms with Crippen molar-refractivity contribution in [1.82, 2.24) is 24.6 Å². The Morgan fingerprint density at radius 1 is 1.34 bits per heavy atom. The summed E-state index contributed by atoms with van der Waals surface area (Å²) >= 11 is 0. The molecule has 6 atom stereocenters. The van der Waals surface area contributed by atoms with Crippen LogP contribution in [0.5, 0.6) is 5.75 Å². The van der Waals surface area contributed by atoms with Crippen molar-refractivity contribution in [2.45, 2.75) is 57.0 Å². The molecule has 1 aliphatic rings. The van der Waals surface area contributed by atoms with Crippen LogP contribution in [0.2, 0.25) is 0 Å². The topological polar surface area (TPSA) is 185 Å². The molecule has 1 unspecified atom stereocenters. The van der Waals surface area contributed by atoms with E-state index in [1.54, 1.807) is 39.1 Å². The molecule has 16 heteroatoms. The van der Waals surface area contributed by atoms with Gasteiger partial charge in [-0.1, -0.05) is 24.1 Å². The van der Waals surface area contributed by atoms with Crippen LogP contribution >= 0.6 is 7.75 Å². The number of nitrogens with two attached hydrogens (primary N) is 1. The van der Waals surface area contributed by atoms with Gasteiger partial charge in [0.05, 0.1) is 19.0 Å². The summed E-state index contributed by atoms with van der Waals surface area (Å²) in [5, 5.41) is 16.2. The van der Waals surface area contributed by atoms with Crippen LogP contribution in [0.4, 0.5) is 16.2 Å². The van der Waals surface area contributed by atoms with Gasteiger partial charge < -0.3 is 30.2 Å². The van der Waals surface area contributed by atoms with E-state index < -0.39 is 56.6 Å². The number of rotatable bonds is 11. The number of imidazole rings is 1. The number of nitrogens with zero attached hydrogens (tertiary/aromatic N) is 4. The number of aliphatic hydroxyl groups is 1. The zero-order chi connectivity index (χ0) is 29.9. The first-order valence-electron chi connectivity index (χ1n) is 12.6. The van der Waals surface area contributed by atoms with Gasteiger partial charge in [-0.3, -0.25) is 13.9 Å². The number of aromatic nitrogens is 4. The van der Waals surface area contributed by atoms with Gasteiger partial charge in [0.2, 0.25) is 11.6 Å². The number of esters is 1. The number of alkyl halides is 1. The molecule has 0 aliphatic carbocycles. The zero-order valence-electron chi connectivity index (χ0n) is 22.7. The Morgan fingerprint density at radius 3 is 2.68 bits per heavy atom. The molecule has 0 amide bonds. The van der Waals surface area contributed by atoms with Crippen LogP contribution < -0.4 is 20.7 Å². The molecule has 1 aromatic carbocycles. The Labute approximate surface area is 235 Å². The van der Waals surface area contributed by atoms with Crippen LogP contribution in [0.3, 0.4) is 0 Å². The number of carbonyl (C=O) groups is 1. The summed E-state index contributed by atoms with van der Waals surface area (Å²) < 4.78 is 53.2. The lowest BCUT2D eigenvalue weighted by atomic mass is 9.97. The predicted octanol–water partition coefficient (Wildman–Crippen LogP) is 2.18. The minimum atomic E-state index is -4.34. The number of nitrogen functional groups attached to an aromatic ring is 1. The third kappa shape index (κ3) is 6.27. The Morgan fingerprint density at radius 2 is 2.05 bits per heavy atom. The van der Waals surface area contributed by atoms with E-state index >= 15 is 4.39 Å². The van der Waals surface area contributed by atoms with E-state index in [0.29, 0.717) is 0 Å². The number of ether oxygens (including phenoxy) is 2. The molecule has 1 aliphatic heterocycles. The summed E-state index contributed by atoms with van der Waals surface area (Å²) in [5.74, 6) is 1.57. The number of hydrogen-bond acceptors (Lipinski definition) is 12. The molecule has 3 aromatic rings. The van der Waals surface area contributed by atoms with E-state index in [2.05, 4.69) is 25.4 Å². The van der Waals surface area contributed by atoms with Crippen molar-refractivity contribution in [3.05, 3.63) is 36.7 Å². The standard InChI is InChI=1S/C25H31FN7O7P/c1-6-25(26)19(34)17(39-23(25)33-13-29-18-20(28-5)30-24(27)31-21(18)33)12-37-41(36,40-16-10-8-7-9-11-16)32-15(4)22(35)38-14(2)3/h1,7-11,13-15,17,19,23,34H,12H2,2-5H3,(H,32,36)(H3,27,28,30,31)/t15-,17+,19+,23+,25+,41?/m0/s1. The molecule has 0 spiro atoms. The van der Waals surface area contributed by atoms with Crippen molar-refractivity contribution in [3.63, 3.8) is 0 Å². The molecule has 0 saturated carbocycles. The molecule has 3 heterocycles. The highest BCUT2D eigenvalue weighted by atomic mass is 31.2. The maximum absolute atomic E-state index is 16.1. The SMILES string of the molecule is C#C[C@@]1(F)[C@H](O)[C@@H](COP(=O)(N[C@@H](C)C(=O)OC(C)C)Oc2ccccc2)O[C@H]1n1cnc2c(NC)nc(N)nc21. The molecule has 1 fully saturated rings. The van der Waals surface area contributed by atoms with E-state index in [4.69, 9.17) is 30.7 Å². The van der Waals surface area contributed by atoms with Crippen LogP contribution in [-0.2, 0) is 23.4 Å². The normalized spacial score (nSPS) is 24.5. The molecule has 220 valence electrons.